The van der Waals surface area contributed by atoms with Gasteiger partial charge in [-0.3, -0.25) is 4.72 Å². The highest BCUT2D eigenvalue weighted by atomic mass is 32.2. The lowest BCUT2D eigenvalue weighted by molar-refractivity contribution is 0.312. The number of sulfonamides is 1. The number of ether oxygens (including phenoxy) is 2. The molecule has 0 aliphatic rings. The molecule has 4 aromatic rings. The fourth-order valence-corrected chi connectivity index (χ4v) is 5.40. The average molecular weight is 522 g/mol. The van der Waals surface area contributed by atoms with Crippen LogP contribution >= 0.6 is 0 Å². The third kappa shape index (κ3) is 6.43. The molecule has 1 aromatic heterocycles. The number of rotatable bonds is 13. The van der Waals surface area contributed by atoms with Crippen LogP contribution in [-0.2, 0) is 10.0 Å². The molecule has 1 heterocycles. The van der Waals surface area contributed by atoms with E-state index in [1.165, 1.54) is 0 Å². The van der Waals surface area contributed by atoms with Crippen molar-refractivity contribution in [1.82, 2.24) is 4.98 Å². The molecule has 0 aliphatic heterocycles. The van der Waals surface area contributed by atoms with Gasteiger partial charge < -0.3 is 14.8 Å². The van der Waals surface area contributed by atoms with Crippen molar-refractivity contribution >= 4 is 48.9 Å². The van der Waals surface area contributed by atoms with Gasteiger partial charge in [0, 0.05) is 16.8 Å². The van der Waals surface area contributed by atoms with Gasteiger partial charge in [0.15, 0.2) is 0 Å². The van der Waals surface area contributed by atoms with Crippen LogP contribution in [0.2, 0.25) is 0 Å². The molecule has 4 rings (SSSR count). The first-order valence-corrected chi connectivity index (χ1v) is 14.5. The normalized spacial score (nSPS) is 11.5. The Balaban J connectivity index is 1.71. The van der Waals surface area contributed by atoms with Crippen molar-refractivity contribution in [2.75, 3.05) is 29.5 Å². The molecule has 37 heavy (non-hydrogen) atoms. The van der Waals surface area contributed by atoms with Crippen LogP contribution in [0, 0.1) is 0 Å². The Bertz CT molecular complexity index is 1470. The molecule has 7 nitrogen and oxygen atoms in total. The lowest BCUT2D eigenvalue weighted by Crippen LogP contribution is -2.16. The zero-order valence-corrected chi connectivity index (χ0v) is 22.5. The minimum Gasteiger partial charge on any atom is -0.494 e. The van der Waals surface area contributed by atoms with E-state index in [2.05, 4.69) is 17.0 Å². The van der Waals surface area contributed by atoms with E-state index in [1.54, 1.807) is 19.2 Å². The lowest BCUT2D eigenvalue weighted by atomic mass is 10.1. The van der Waals surface area contributed by atoms with Crippen molar-refractivity contribution < 1.29 is 17.9 Å². The molecule has 0 spiro atoms. The van der Waals surface area contributed by atoms with E-state index < -0.39 is 10.0 Å². The fraction of sp³-hybridized carbons (Fsp3) is 0.345. The fourth-order valence-electron chi connectivity index (χ4n) is 4.23. The first kappa shape index (κ1) is 26.5. The Labute approximate surface area is 219 Å². The molecule has 0 amide bonds. The van der Waals surface area contributed by atoms with E-state index >= 15 is 0 Å². The number of benzene rings is 3. The summed E-state index contributed by atoms with van der Waals surface area (Å²) in [5.74, 6) is 1.37. The van der Waals surface area contributed by atoms with Crippen LogP contribution in [0.25, 0.3) is 21.8 Å². The average Bonchev–Trinajstić information content (AvgIpc) is 2.89. The maximum atomic E-state index is 12.5. The van der Waals surface area contributed by atoms with Crippen molar-refractivity contribution in [3.8, 4) is 11.5 Å². The van der Waals surface area contributed by atoms with Crippen molar-refractivity contribution in [2.45, 2.75) is 46.0 Å². The van der Waals surface area contributed by atoms with Crippen LogP contribution in [0.1, 0.15) is 46.0 Å². The number of unbranched alkanes of at least 4 members (excludes halogenated alkanes) is 3. The third-order valence-corrected chi connectivity index (χ3v) is 7.55. The van der Waals surface area contributed by atoms with Crippen LogP contribution in [0.15, 0.2) is 60.7 Å². The van der Waals surface area contributed by atoms with Gasteiger partial charge in [-0.25, -0.2) is 13.4 Å². The third-order valence-electron chi connectivity index (χ3n) is 6.18. The zero-order chi connectivity index (χ0) is 26.3. The van der Waals surface area contributed by atoms with E-state index in [1.807, 2.05) is 55.5 Å². The molecular weight excluding hydrogens is 486 g/mol. The van der Waals surface area contributed by atoms with E-state index in [4.69, 9.17) is 14.5 Å². The van der Waals surface area contributed by atoms with Gasteiger partial charge in [0.25, 0.3) is 0 Å². The van der Waals surface area contributed by atoms with Crippen LogP contribution in [0.4, 0.5) is 17.1 Å². The van der Waals surface area contributed by atoms with Crippen molar-refractivity contribution in [2.24, 2.45) is 0 Å². The molecule has 0 radical (unpaired) electrons. The van der Waals surface area contributed by atoms with E-state index in [9.17, 15) is 8.42 Å². The Kier molecular flexibility index (Phi) is 8.71. The number of aromatic nitrogens is 1. The summed E-state index contributed by atoms with van der Waals surface area (Å²) in [7, 11) is -1.85. The van der Waals surface area contributed by atoms with Crippen LogP contribution in [0.5, 0.6) is 11.5 Å². The first-order valence-electron chi connectivity index (χ1n) is 12.9. The lowest BCUT2D eigenvalue weighted by Gasteiger charge is -2.18. The maximum absolute atomic E-state index is 12.5. The minimum atomic E-state index is -3.42. The smallest absolute Gasteiger partial charge is 0.232 e. The second-order valence-corrected chi connectivity index (χ2v) is 10.9. The monoisotopic (exact) mass is 521 g/mol. The Morgan fingerprint density at radius 3 is 2.43 bits per heavy atom. The molecule has 8 heteroatoms. The van der Waals surface area contributed by atoms with Crippen LogP contribution in [-0.4, -0.2) is 32.9 Å². The number of hydrogen-bond donors (Lipinski definition) is 2. The van der Waals surface area contributed by atoms with E-state index in [0.717, 1.165) is 58.9 Å². The molecule has 0 atom stereocenters. The number of anilines is 3. The molecule has 0 bridgehead atoms. The van der Waals surface area contributed by atoms with Gasteiger partial charge in [-0.2, -0.15) is 0 Å². The number of pyridine rings is 1. The maximum Gasteiger partial charge on any atom is 0.232 e. The highest BCUT2D eigenvalue weighted by molar-refractivity contribution is 7.92. The molecular formula is C29H35N3O4S. The number of fused-ring (bicyclic) bond motifs is 2. The van der Waals surface area contributed by atoms with Gasteiger partial charge in [-0.15, -0.1) is 0 Å². The summed E-state index contributed by atoms with van der Waals surface area (Å²) >= 11 is 0. The molecule has 0 fully saturated rings. The van der Waals surface area contributed by atoms with Gasteiger partial charge in [0.05, 0.1) is 42.0 Å². The van der Waals surface area contributed by atoms with Crippen molar-refractivity contribution in [1.29, 1.82) is 0 Å². The standard InChI is InChI=1S/C29H35N3O4S/c1-4-6-10-19-37(33,34)32-21-16-17-25(27(20-21)35-3)31-28-22-12-8-9-14-24(22)30-29-23(28)13-11-15-26(29)36-18-7-5-2/h8-9,11-17,20,32H,4-7,10,18-19H2,1-3H3,(H,30,31). The number of nitrogens with zero attached hydrogens (tertiary/aromatic N) is 1. The zero-order valence-electron chi connectivity index (χ0n) is 21.7. The van der Waals surface area contributed by atoms with Crippen molar-refractivity contribution in [3.63, 3.8) is 0 Å². The predicted octanol–water partition coefficient (Wildman–Crippen LogP) is 7.25. The SMILES string of the molecule is CCCCCS(=O)(=O)Nc1ccc(Nc2c3ccccc3nc3c(OCCCC)cccc23)c(OC)c1. The molecule has 0 saturated carbocycles. The first-order chi connectivity index (χ1) is 18.0. The summed E-state index contributed by atoms with van der Waals surface area (Å²) in [6.07, 6.45) is 4.51. The van der Waals surface area contributed by atoms with Crippen molar-refractivity contribution in [3.05, 3.63) is 60.7 Å². The largest absolute Gasteiger partial charge is 0.494 e. The quantitative estimate of drug-likeness (QED) is 0.142. The van der Waals surface area contributed by atoms with Crippen LogP contribution < -0.4 is 19.5 Å². The second kappa shape index (κ2) is 12.1. The Morgan fingerprint density at radius 2 is 1.65 bits per heavy atom. The number of methoxy groups -OCH3 is 1. The van der Waals surface area contributed by atoms with Gasteiger partial charge in [-0.1, -0.05) is 63.4 Å². The molecule has 0 aliphatic carbocycles. The summed E-state index contributed by atoms with van der Waals surface area (Å²) in [5, 5.41) is 5.43. The summed E-state index contributed by atoms with van der Waals surface area (Å²) in [4.78, 5) is 4.91. The van der Waals surface area contributed by atoms with Crippen LogP contribution in [0.3, 0.4) is 0 Å². The Morgan fingerprint density at radius 1 is 0.865 bits per heavy atom. The van der Waals surface area contributed by atoms with Gasteiger partial charge >= 0.3 is 0 Å². The summed E-state index contributed by atoms with van der Waals surface area (Å²) in [6.45, 7) is 4.82. The summed E-state index contributed by atoms with van der Waals surface area (Å²) in [5.41, 5.74) is 3.70. The molecule has 2 N–H and O–H groups in total. The number of para-hydroxylation sites is 2. The number of nitrogens with one attached hydrogen (secondary N) is 2. The topological polar surface area (TPSA) is 89.6 Å². The highest BCUT2D eigenvalue weighted by Crippen LogP contribution is 2.39. The molecule has 196 valence electrons. The highest BCUT2D eigenvalue weighted by Gasteiger charge is 2.16. The van der Waals surface area contributed by atoms with E-state index in [-0.39, 0.29) is 5.75 Å². The molecule has 0 saturated heterocycles. The number of hydrogen-bond acceptors (Lipinski definition) is 6. The van der Waals surface area contributed by atoms with Gasteiger partial charge in [-0.05, 0) is 37.1 Å². The van der Waals surface area contributed by atoms with Gasteiger partial charge in [0.1, 0.15) is 17.0 Å². The summed E-state index contributed by atoms with van der Waals surface area (Å²) in [6, 6.07) is 19.2. The molecule has 3 aromatic carbocycles. The molecule has 0 unspecified atom stereocenters. The van der Waals surface area contributed by atoms with E-state index in [0.29, 0.717) is 30.2 Å². The second-order valence-electron chi connectivity index (χ2n) is 9.03. The Hall–Kier alpha value is -3.52. The predicted molar refractivity (Wildman–Crippen MR) is 153 cm³/mol. The summed E-state index contributed by atoms with van der Waals surface area (Å²) < 4.78 is 39.4. The van der Waals surface area contributed by atoms with Gasteiger partial charge in [0.2, 0.25) is 10.0 Å². The minimum absolute atomic E-state index is 0.0980.